The molecule has 3 rings (SSSR count). The molecule has 0 bridgehead atoms. The summed E-state index contributed by atoms with van der Waals surface area (Å²) in [6, 6.07) is 5.41. The van der Waals surface area contributed by atoms with Crippen molar-refractivity contribution in [1.29, 1.82) is 0 Å². The van der Waals surface area contributed by atoms with Gasteiger partial charge in [-0.05, 0) is 44.7 Å². The van der Waals surface area contributed by atoms with Crippen molar-refractivity contribution in [3.05, 3.63) is 23.2 Å². The van der Waals surface area contributed by atoms with Crippen LogP contribution in [-0.2, 0) is 4.74 Å². The Kier molecular flexibility index (Phi) is 4.97. The molecule has 1 heterocycles. The topological polar surface area (TPSA) is 50.8 Å². The molecule has 2 aliphatic rings. The monoisotopic (exact) mass is 338 g/mol. The standard InChI is InChI=1S/C17H23ClN2O3/c1-11(2)23-13-5-6-15(14(18)9-13)19-17(21)20-7-8-22-10-16(20)12-3-4-12/h5-6,9,11-12,16H,3-4,7-8,10H2,1-2H3,(H,19,21). The Balaban J connectivity index is 1.67. The van der Waals surface area contributed by atoms with Crippen LogP contribution >= 0.6 is 11.6 Å². The Labute approximate surface area is 141 Å². The molecule has 1 atom stereocenters. The maximum Gasteiger partial charge on any atom is 0.322 e. The fourth-order valence-electron chi connectivity index (χ4n) is 2.88. The maximum absolute atomic E-state index is 12.6. The van der Waals surface area contributed by atoms with Crippen LogP contribution in [0.3, 0.4) is 0 Å². The third-order valence-electron chi connectivity index (χ3n) is 4.15. The summed E-state index contributed by atoms with van der Waals surface area (Å²) in [6.07, 6.45) is 2.44. The van der Waals surface area contributed by atoms with Gasteiger partial charge in [-0.3, -0.25) is 0 Å². The van der Waals surface area contributed by atoms with E-state index in [-0.39, 0.29) is 18.2 Å². The lowest BCUT2D eigenvalue weighted by atomic mass is 10.1. The Hall–Kier alpha value is -1.46. The zero-order valence-corrected chi connectivity index (χ0v) is 14.3. The van der Waals surface area contributed by atoms with Crippen LogP contribution in [0.15, 0.2) is 18.2 Å². The first-order chi connectivity index (χ1) is 11.0. The molecular formula is C17H23ClN2O3. The Bertz CT molecular complexity index is 575. The lowest BCUT2D eigenvalue weighted by molar-refractivity contribution is 0.00773. The van der Waals surface area contributed by atoms with E-state index in [4.69, 9.17) is 21.1 Å². The number of nitrogens with one attached hydrogen (secondary N) is 1. The van der Waals surface area contributed by atoms with Gasteiger partial charge in [0.15, 0.2) is 0 Å². The summed E-state index contributed by atoms with van der Waals surface area (Å²) in [6.45, 7) is 5.76. The predicted molar refractivity (Wildman–Crippen MR) is 90.3 cm³/mol. The van der Waals surface area contributed by atoms with Gasteiger partial charge in [0.2, 0.25) is 0 Å². The van der Waals surface area contributed by atoms with Gasteiger partial charge < -0.3 is 19.7 Å². The molecule has 1 N–H and O–H groups in total. The second-order valence-electron chi connectivity index (χ2n) is 6.41. The van der Waals surface area contributed by atoms with E-state index in [0.29, 0.717) is 42.1 Å². The van der Waals surface area contributed by atoms with Crippen LogP contribution in [0, 0.1) is 5.92 Å². The number of carbonyl (C=O) groups excluding carboxylic acids is 1. The number of ether oxygens (including phenoxy) is 2. The van der Waals surface area contributed by atoms with Gasteiger partial charge in [0.05, 0.1) is 36.1 Å². The number of amides is 2. The number of carbonyl (C=O) groups is 1. The van der Waals surface area contributed by atoms with Crippen LogP contribution in [0.2, 0.25) is 5.02 Å². The second-order valence-corrected chi connectivity index (χ2v) is 6.82. The van der Waals surface area contributed by atoms with Gasteiger partial charge in [-0.15, -0.1) is 0 Å². The second kappa shape index (κ2) is 6.97. The number of hydrogen-bond donors (Lipinski definition) is 1. The van der Waals surface area contributed by atoms with E-state index in [1.807, 2.05) is 24.8 Å². The first-order valence-electron chi connectivity index (χ1n) is 8.16. The molecule has 23 heavy (non-hydrogen) atoms. The molecule has 1 saturated carbocycles. The highest BCUT2D eigenvalue weighted by Crippen LogP contribution is 2.37. The van der Waals surface area contributed by atoms with Gasteiger partial charge >= 0.3 is 6.03 Å². The van der Waals surface area contributed by atoms with Crippen molar-refractivity contribution >= 4 is 23.3 Å². The zero-order chi connectivity index (χ0) is 16.4. The smallest absolute Gasteiger partial charge is 0.322 e. The van der Waals surface area contributed by atoms with E-state index in [9.17, 15) is 4.79 Å². The average Bonchev–Trinajstić information content (AvgIpc) is 3.34. The summed E-state index contributed by atoms with van der Waals surface area (Å²) < 4.78 is 11.1. The third kappa shape index (κ3) is 4.09. The number of anilines is 1. The van der Waals surface area contributed by atoms with E-state index >= 15 is 0 Å². The normalized spacial score (nSPS) is 21.4. The number of hydrogen-bond acceptors (Lipinski definition) is 3. The van der Waals surface area contributed by atoms with Crippen LogP contribution in [0.25, 0.3) is 0 Å². The lowest BCUT2D eigenvalue weighted by Crippen LogP contribution is -2.51. The summed E-state index contributed by atoms with van der Waals surface area (Å²) in [5, 5.41) is 3.40. The number of urea groups is 1. The van der Waals surface area contributed by atoms with Gasteiger partial charge in [-0.2, -0.15) is 0 Å². The van der Waals surface area contributed by atoms with Gasteiger partial charge in [0.1, 0.15) is 5.75 Å². The molecule has 1 aliphatic heterocycles. The van der Waals surface area contributed by atoms with Crippen molar-refractivity contribution in [2.45, 2.75) is 38.8 Å². The molecule has 5 nitrogen and oxygen atoms in total. The van der Waals surface area contributed by atoms with Crippen molar-refractivity contribution < 1.29 is 14.3 Å². The molecule has 2 amide bonds. The summed E-state index contributed by atoms with van der Waals surface area (Å²) in [4.78, 5) is 14.5. The third-order valence-corrected chi connectivity index (χ3v) is 4.46. The highest BCUT2D eigenvalue weighted by Gasteiger charge is 2.39. The summed E-state index contributed by atoms with van der Waals surface area (Å²) >= 11 is 6.27. The van der Waals surface area contributed by atoms with Crippen molar-refractivity contribution in [3.63, 3.8) is 0 Å². The number of morpholine rings is 1. The van der Waals surface area contributed by atoms with Crippen molar-refractivity contribution in [2.75, 3.05) is 25.1 Å². The molecule has 1 aromatic carbocycles. The van der Waals surface area contributed by atoms with Gasteiger partial charge in [-0.1, -0.05) is 11.6 Å². The molecular weight excluding hydrogens is 316 g/mol. The van der Waals surface area contributed by atoms with E-state index in [1.54, 1.807) is 12.1 Å². The Morgan fingerprint density at radius 3 is 2.87 bits per heavy atom. The van der Waals surface area contributed by atoms with Crippen molar-refractivity contribution in [2.24, 2.45) is 5.92 Å². The minimum Gasteiger partial charge on any atom is -0.491 e. The molecule has 0 spiro atoms. The summed E-state index contributed by atoms with van der Waals surface area (Å²) in [5.74, 6) is 1.28. The van der Waals surface area contributed by atoms with E-state index in [1.165, 1.54) is 12.8 Å². The molecule has 0 aromatic heterocycles. The number of halogens is 1. The Morgan fingerprint density at radius 1 is 1.43 bits per heavy atom. The number of nitrogens with zero attached hydrogens (tertiary/aromatic N) is 1. The first-order valence-corrected chi connectivity index (χ1v) is 8.54. The number of rotatable bonds is 4. The van der Waals surface area contributed by atoms with Crippen LogP contribution in [0.5, 0.6) is 5.75 Å². The highest BCUT2D eigenvalue weighted by molar-refractivity contribution is 6.33. The van der Waals surface area contributed by atoms with Crippen LogP contribution in [0.4, 0.5) is 10.5 Å². The van der Waals surface area contributed by atoms with Gasteiger partial charge in [-0.25, -0.2) is 4.79 Å². The van der Waals surface area contributed by atoms with Crippen LogP contribution in [0.1, 0.15) is 26.7 Å². The van der Waals surface area contributed by atoms with E-state index in [0.717, 1.165) is 0 Å². The van der Waals surface area contributed by atoms with Crippen LogP contribution in [-0.4, -0.2) is 42.8 Å². The zero-order valence-electron chi connectivity index (χ0n) is 13.5. The molecule has 1 unspecified atom stereocenters. The SMILES string of the molecule is CC(C)Oc1ccc(NC(=O)N2CCOCC2C2CC2)c(Cl)c1. The van der Waals surface area contributed by atoms with E-state index < -0.39 is 0 Å². The first kappa shape index (κ1) is 16.4. The van der Waals surface area contributed by atoms with E-state index in [2.05, 4.69) is 5.32 Å². The minimum atomic E-state index is -0.107. The van der Waals surface area contributed by atoms with Gasteiger partial charge in [0.25, 0.3) is 0 Å². The van der Waals surface area contributed by atoms with Gasteiger partial charge in [0, 0.05) is 12.6 Å². The summed E-state index contributed by atoms with van der Waals surface area (Å²) in [5.41, 5.74) is 0.605. The van der Waals surface area contributed by atoms with Crippen molar-refractivity contribution in [1.82, 2.24) is 4.90 Å². The minimum absolute atomic E-state index is 0.0826. The fourth-order valence-corrected chi connectivity index (χ4v) is 3.09. The molecule has 126 valence electrons. The molecule has 1 aliphatic carbocycles. The molecule has 6 heteroatoms. The predicted octanol–water partition coefficient (Wildman–Crippen LogP) is 3.77. The number of benzene rings is 1. The molecule has 1 aromatic rings. The average molecular weight is 339 g/mol. The quantitative estimate of drug-likeness (QED) is 0.909. The molecule has 2 fully saturated rings. The fraction of sp³-hybridized carbons (Fsp3) is 0.588. The molecule has 1 saturated heterocycles. The molecule has 0 radical (unpaired) electrons. The maximum atomic E-state index is 12.6. The summed E-state index contributed by atoms with van der Waals surface area (Å²) in [7, 11) is 0. The highest BCUT2D eigenvalue weighted by atomic mass is 35.5. The van der Waals surface area contributed by atoms with Crippen LogP contribution < -0.4 is 10.1 Å². The Morgan fingerprint density at radius 2 is 2.22 bits per heavy atom. The van der Waals surface area contributed by atoms with Crippen molar-refractivity contribution in [3.8, 4) is 5.75 Å². The largest absolute Gasteiger partial charge is 0.491 e. The lowest BCUT2D eigenvalue weighted by Gasteiger charge is -2.35.